The van der Waals surface area contributed by atoms with Gasteiger partial charge in [-0.3, -0.25) is 0 Å². The van der Waals surface area contributed by atoms with Crippen LogP contribution >= 0.6 is 7.92 Å². The van der Waals surface area contributed by atoms with Crippen molar-refractivity contribution in [3.05, 3.63) is 0 Å². The van der Waals surface area contributed by atoms with Gasteiger partial charge in [-0.15, -0.1) is 7.92 Å². The molecule has 0 spiro atoms. The van der Waals surface area contributed by atoms with Gasteiger partial charge in [-0.2, -0.15) is 0 Å². The summed E-state index contributed by atoms with van der Waals surface area (Å²) in [6, 6.07) is 0. The molecule has 0 aromatic carbocycles. The number of rotatable bonds is 9. The number of hydrogen-bond acceptors (Lipinski definition) is 0. The fourth-order valence-electron chi connectivity index (χ4n) is 1.48. The van der Waals surface area contributed by atoms with Crippen molar-refractivity contribution in [2.24, 2.45) is 0 Å². The molecule has 0 nitrogen and oxygen atoms in total. The standard InChI is InChI=1S/C12H27P.Ru/c1-4-7-10-13(11-8-5-2)12-9-6-3;/h4-12H2,1-3H3;. The summed E-state index contributed by atoms with van der Waals surface area (Å²) >= 11 is 0. The minimum atomic E-state index is 0. The monoisotopic (exact) mass is 304 g/mol. The second kappa shape index (κ2) is 14.1. The van der Waals surface area contributed by atoms with Crippen molar-refractivity contribution in [3.63, 3.8) is 0 Å². The summed E-state index contributed by atoms with van der Waals surface area (Å²) in [5.74, 6) is 0. The summed E-state index contributed by atoms with van der Waals surface area (Å²) in [7, 11) is 0.422. The van der Waals surface area contributed by atoms with E-state index in [1.807, 2.05) is 0 Å². The van der Waals surface area contributed by atoms with Gasteiger partial charge in [0.1, 0.15) is 0 Å². The number of hydrogen-bond donors (Lipinski definition) is 0. The molecule has 0 atom stereocenters. The van der Waals surface area contributed by atoms with Gasteiger partial charge in [0.15, 0.2) is 0 Å². The molecule has 88 valence electrons. The predicted octanol–water partition coefficient (Wildman–Crippen LogP) is 4.87. The maximum Gasteiger partial charge on any atom is 0 e. The summed E-state index contributed by atoms with van der Waals surface area (Å²) in [6.45, 7) is 6.94. The first-order chi connectivity index (χ1) is 6.35. The van der Waals surface area contributed by atoms with Gasteiger partial charge in [0.2, 0.25) is 0 Å². The average Bonchev–Trinajstić information content (AvgIpc) is 2.17. The van der Waals surface area contributed by atoms with Crippen LogP contribution in [0.3, 0.4) is 0 Å². The maximum atomic E-state index is 2.31. The van der Waals surface area contributed by atoms with Gasteiger partial charge in [0, 0.05) is 19.5 Å². The van der Waals surface area contributed by atoms with Crippen molar-refractivity contribution >= 4 is 7.92 Å². The van der Waals surface area contributed by atoms with E-state index in [1.54, 1.807) is 18.5 Å². The smallest absolute Gasteiger partial charge is 0 e. The minimum absolute atomic E-state index is 0. The third-order valence-corrected chi connectivity index (χ3v) is 5.33. The molecule has 0 rings (SSSR count). The van der Waals surface area contributed by atoms with E-state index in [-0.39, 0.29) is 19.5 Å². The van der Waals surface area contributed by atoms with Crippen LogP contribution in [0.25, 0.3) is 0 Å². The Morgan fingerprint density at radius 2 is 0.929 bits per heavy atom. The van der Waals surface area contributed by atoms with E-state index in [2.05, 4.69) is 20.8 Å². The van der Waals surface area contributed by atoms with E-state index in [0.717, 1.165) is 0 Å². The van der Waals surface area contributed by atoms with E-state index in [4.69, 9.17) is 0 Å². The summed E-state index contributed by atoms with van der Waals surface area (Å²) in [5.41, 5.74) is 0. The fraction of sp³-hybridized carbons (Fsp3) is 1.00. The van der Waals surface area contributed by atoms with Crippen molar-refractivity contribution in [1.82, 2.24) is 0 Å². The molecule has 0 aromatic rings. The molecule has 0 saturated heterocycles. The summed E-state index contributed by atoms with van der Waals surface area (Å²) in [5, 5.41) is 0. The van der Waals surface area contributed by atoms with Crippen LogP contribution in [0.2, 0.25) is 0 Å². The van der Waals surface area contributed by atoms with Crippen LogP contribution in [0.1, 0.15) is 59.3 Å². The first-order valence-corrected chi connectivity index (χ1v) is 7.97. The average molecular weight is 303 g/mol. The fourth-order valence-corrected chi connectivity index (χ4v) is 4.44. The Hall–Kier alpha value is 1.05. The molecule has 0 N–H and O–H groups in total. The molecule has 0 unspecified atom stereocenters. The Morgan fingerprint density at radius 1 is 0.643 bits per heavy atom. The van der Waals surface area contributed by atoms with Gasteiger partial charge in [0.25, 0.3) is 0 Å². The zero-order valence-corrected chi connectivity index (χ0v) is 12.8. The summed E-state index contributed by atoms with van der Waals surface area (Å²) in [4.78, 5) is 0. The Bertz CT molecular complexity index is 77.3. The summed E-state index contributed by atoms with van der Waals surface area (Å²) in [6.07, 6.45) is 13.2. The maximum absolute atomic E-state index is 2.31. The van der Waals surface area contributed by atoms with Gasteiger partial charge in [-0.1, -0.05) is 40.0 Å². The number of unbranched alkanes of at least 4 members (excludes halogenated alkanes) is 3. The molecule has 0 radical (unpaired) electrons. The molecule has 0 aliphatic heterocycles. The van der Waals surface area contributed by atoms with Crippen molar-refractivity contribution < 1.29 is 19.5 Å². The van der Waals surface area contributed by atoms with Gasteiger partial charge in [0.05, 0.1) is 0 Å². The first kappa shape index (κ1) is 17.4. The van der Waals surface area contributed by atoms with Crippen LogP contribution in [-0.2, 0) is 19.5 Å². The summed E-state index contributed by atoms with van der Waals surface area (Å²) < 4.78 is 0. The largest absolute Gasteiger partial charge is 0.107 e. The van der Waals surface area contributed by atoms with Crippen molar-refractivity contribution in [3.8, 4) is 0 Å². The van der Waals surface area contributed by atoms with Crippen molar-refractivity contribution in [1.29, 1.82) is 0 Å². The van der Waals surface area contributed by atoms with Gasteiger partial charge < -0.3 is 0 Å². The molecular formula is C12H27PRu. The molecule has 0 amide bonds. The Balaban J connectivity index is 0. The molecule has 0 aromatic heterocycles. The normalized spacial score (nSPS) is 10.3. The molecule has 0 saturated carbocycles. The van der Waals surface area contributed by atoms with Crippen LogP contribution in [0.5, 0.6) is 0 Å². The minimum Gasteiger partial charge on any atom is -0.107 e. The molecule has 0 bridgehead atoms. The Morgan fingerprint density at radius 3 is 1.14 bits per heavy atom. The SMILES string of the molecule is CCCCP(CCCC)CCCC.[Ru]. The van der Waals surface area contributed by atoms with E-state index >= 15 is 0 Å². The molecule has 0 aliphatic carbocycles. The molecule has 2 heteroatoms. The van der Waals surface area contributed by atoms with Gasteiger partial charge >= 0.3 is 0 Å². The van der Waals surface area contributed by atoms with Crippen molar-refractivity contribution in [2.75, 3.05) is 18.5 Å². The van der Waals surface area contributed by atoms with E-state index in [0.29, 0.717) is 7.92 Å². The zero-order valence-electron chi connectivity index (χ0n) is 10.2. The van der Waals surface area contributed by atoms with E-state index < -0.39 is 0 Å². The Kier molecular flexibility index (Phi) is 17.5. The van der Waals surface area contributed by atoms with E-state index in [1.165, 1.54) is 38.5 Å². The molecular weight excluding hydrogens is 276 g/mol. The molecule has 14 heavy (non-hydrogen) atoms. The van der Waals surface area contributed by atoms with E-state index in [9.17, 15) is 0 Å². The third kappa shape index (κ3) is 11.1. The first-order valence-electron chi connectivity index (χ1n) is 6.07. The van der Waals surface area contributed by atoms with Crippen molar-refractivity contribution in [2.45, 2.75) is 59.3 Å². The Labute approximate surface area is 105 Å². The van der Waals surface area contributed by atoms with Crippen LogP contribution in [0, 0.1) is 0 Å². The molecule has 0 aliphatic rings. The predicted molar refractivity (Wildman–Crippen MR) is 66.2 cm³/mol. The quantitative estimate of drug-likeness (QED) is 0.421. The third-order valence-electron chi connectivity index (χ3n) is 2.48. The topological polar surface area (TPSA) is 0 Å². The molecule has 0 fully saturated rings. The van der Waals surface area contributed by atoms with Crippen LogP contribution in [0.15, 0.2) is 0 Å². The van der Waals surface area contributed by atoms with Crippen LogP contribution in [-0.4, -0.2) is 18.5 Å². The van der Waals surface area contributed by atoms with Gasteiger partial charge in [-0.25, -0.2) is 0 Å². The second-order valence-electron chi connectivity index (χ2n) is 3.90. The molecule has 0 heterocycles. The second-order valence-corrected chi connectivity index (χ2v) is 6.59. The van der Waals surface area contributed by atoms with Crippen LogP contribution in [0.4, 0.5) is 0 Å². The zero-order chi connectivity index (χ0) is 9.94. The van der Waals surface area contributed by atoms with Gasteiger partial charge in [-0.05, 0) is 37.7 Å². The van der Waals surface area contributed by atoms with Crippen LogP contribution < -0.4 is 0 Å².